The molecule has 0 saturated heterocycles. The van der Waals surface area contributed by atoms with Crippen LogP contribution in [0.2, 0.25) is 5.02 Å². The van der Waals surface area contributed by atoms with Crippen LogP contribution in [0.25, 0.3) is 6.08 Å². The van der Waals surface area contributed by atoms with Crippen LogP contribution in [0.15, 0.2) is 48.5 Å². The van der Waals surface area contributed by atoms with Crippen LogP contribution < -0.4 is 4.74 Å². The van der Waals surface area contributed by atoms with E-state index in [-0.39, 0.29) is 0 Å². The molecule has 4 nitrogen and oxygen atoms in total. The van der Waals surface area contributed by atoms with E-state index in [0.717, 1.165) is 6.08 Å². The van der Waals surface area contributed by atoms with Gasteiger partial charge in [0.2, 0.25) is 0 Å². The molecule has 2 aromatic carbocycles. The molecule has 0 radical (unpaired) electrons. The van der Waals surface area contributed by atoms with E-state index in [1.165, 1.54) is 6.08 Å². The third-order valence-corrected chi connectivity index (χ3v) is 2.80. The lowest BCUT2D eigenvalue weighted by molar-refractivity contribution is -0.131. The Bertz CT molecular complexity index is 747. The highest BCUT2D eigenvalue weighted by atomic mass is 35.5. The third kappa shape index (κ3) is 4.10. The molecule has 21 heavy (non-hydrogen) atoms. The van der Waals surface area contributed by atoms with Gasteiger partial charge in [0.15, 0.2) is 0 Å². The van der Waals surface area contributed by atoms with Crippen LogP contribution in [0.5, 0.6) is 11.5 Å². The molecule has 0 aliphatic heterocycles. The van der Waals surface area contributed by atoms with Crippen LogP contribution in [0.3, 0.4) is 0 Å². The lowest BCUT2D eigenvalue weighted by atomic mass is 10.2. The first kappa shape index (κ1) is 14.6. The number of halogens is 1. The van der Waals surface area contributed by atoms with Crippen molar-refractivity contribution in [2.24, 2.45) is 0 Å². The predicted molar refractivity (Wildman–Crippen MR) is 79.4 cm³/mol. The lowest BCUT2D eigenvalue weighted by Crippen LogP contribution is -1.90. The normalized spacial score (nSPS) is 10.3. The van der Waals surface area contributed by atoms with E-state index in [2.05, 4.69) is 0 Å². The summed E-state index contributed by atoms with van der Waals surface area (Å²) in [5, 5.41) is 18.0. The minimum atomic E-state index is -1.06. The lowest BCUT2D eigenvalue weighted by Gasteiger charge is -2.09. The van der Waals surface area contributed by atoms with Crippen molar-refractivity contribution in [2.75, 3.05) is 0 Å². The molecule has 104 valence electrons. The summed E-state index contributed by atoms with van der Waals surface area (Å²) < 4.78 is 5.69. The van der Waals surface area contributed by atoms with Gasteiger partial charge < -0.3 is 9.84 Å². The topological polar surface area (TPSA) is 70.3 Å². The molecule has 0 aromatic heterocycles. The summed E-state index contributed by atoms with van der Waals surface area (Å²) in [6.45, 7) is 0. The van der Waals surface area contributed by atoms with E-state index < -0.39 is 5.97 Å². The monoisotopic (exact) mass is 299 g/mol. The summed E-state index contributed by atoms with van der Waals surface area (Å²) in [6, 6.07) is 13.6. The minimum absolute atomic E-state index is 0.451. The Balaban J connectivity index is 2.35. The van der Waals surface area contributed by atoms with Gasteiger partial charge in [0.05, 0.1) is 11.6 Å². The van der Waals surface area contributed by atoms with Crippen LogP contribution in [-0.2, 0) is 4.79 Å². The van der Waals surface area contributed by atoms with Crippen molar-refractivity contribution in [2.45, 2.75) is 0 Å². The highest BCUT2D eigenvalue weighted by Gasteiger charge is 2.05. The number of benzene rings is 2. The van der Waals surface area contributed by atoms with Crippen molar-refractivity contribution in [3.8, 4) is 17.6 Å². The fourth-order valence-corrected chi connectivity index (χ4v) is 1.84. The van der Waals surface area contributed by atoms with E-state index in [9.17, 15) is 4.79 Å². The predicted octanol–water partition coefficient (Wildman–Crippen LogP) is 4.10. The maximum atomic E-state index is 10.6. The van der Waals surface area contributed by atoms with Gasteiger partial charge in [-0.25, -0.2) is 4.79 Å². The Morgan fingerprint density at radius 1 is 1.29 bits per heavy atom. The number of hydrogen-bond acceptors (Lipinski definition) is 3. The molecule has 0 bridgehead atoms. The van der Waals surface area contributed by atoms with E-state index >= 15 is 0 Å². The molecule has 0 aliphatic rings. The quantitative estimate of drug-likeness (QED) is 0.863. The number of rotatable bonds is 4. The number of hydrogen-bond donors (Lipinski definition) is 1. The number of carboxylic acids is 1. The van der Waals surface area contributed by atoms with Gasteiger partial charge in [-0.1, -0.05) is 17.7 Å². The van der Waals surface area contributed by atoms with E-state index in [1.807, 2.05) is 6.07 Å². The first-order chi connectivity index (χ1) is 10.1. The van der Waals surface area contributed by atoms with Gasteiger partial charge >= 0.3 is 5.97 Å². The molecule has 0 spiro atoms. The Morgan fingerprint density at radius 3 is 2.81 bits per heavy atom. The fourth-order valence-electron chi connectivity index (χ4n) is 1.66. The van der Waals surface area contributed by atoms with Gasteiger partial charge in [0, 0.05) is 16.7 Å². The first-order valence-electron chi connectivity index (χ1n) is 5.97. The molecule has 0 heterocycles. The number of nitriles is 1. The van der Waals surface area contributed by atoms with Crippen molar-refractivity contribution in [1.29, 1.82) is 5.26 Å². The van der Waals surface area contributed by atoms with Crippen LogP contribution in [0.4, 0.5) is 0 Å². The summed E-state index contributed by atoms with van der Waals surface area (Å²) in [6.07, 6.45) is 2.40. The highest BCUT2D eigenvalue weighted by molar-refractivity contribution is 6.30. The largest absolute Gasteiger partial charge is 0.478 e. The summed E-state index contributed by atoms with van der Waals surface area (Å²) in [5.41, 5.74) is 1.01. The van der Waals surface area contributed by atoms with Crippen LogP contribution >= 0.6 is 11.6 Å². The molecule has 0 saturated carbocycles. The number of nitrogens with zero attached hydrogens (tertiary/aromatic N) is 1. The fraction of sp³-hybridized carbons (Fsp3) is 0. The van der Waals surface area contributed by atoms with E-state index in [1.54, 1.807) is 42.5 Å². The summed E-state index contributed by atoms with van der Waals surface area (Å²) in [4.78, 5) is 10.6. The van der Waals surface area contributed by atoms with E-state index in [0.29, 0.717) is 27.6 Å². The zero-order chi connectivity index (χ0) is 15.2. The molecule has 1 N–H and O–H groups in total. The molecule has 2 aromatic rings. The Labute approximate surface area is 126 Å². The van der Waals surface area contributed by atoms with Gasteiger partial charge in [0.25, 0.3) is 0 Å². The molecule has 0 fully saturated rings. The Hall–Kier alpha value is -2.77. The molecule has 0 atom stereocenters. The van der Waals surface area contributed by atoms with Crippen molar-refractivity contribution >= 4 is 23.6 Å². The zero-order valence-electron chi connectivity index (χ0n) is 10.8. The number of carbonyl (C=O) groups is 1. The van der Waals surface area contributed by atoms with Crippen molar-refractivity contribution in [3.05, 3.63) is 64.7 Å². The summed E-state index contributed by atoms with van der Waals surface area (Å²) >= 11 is 5.90. The highest BCUT2D eigenvalue weighted by Crippen LogP contribution is 2.29. The van der Waals surface area contributed by atoms with Gasteiger partial charge in [-0.15, -0.1) is 0 Å². The zero-order valence-corrected chi connectivity index (χ0v) is 11.5. The second-order valence-corrected chi connectivity index (χ2v) is 4.53. The van der Waals surface area contributed by atoms with Crippen molar-refractivity contribution in [3.63, 3.8) is 0 Å². The molecular weight excluding hydrogens is 290 g/mol. The van der Waals surface area contributed by atoms with Crippen molar-refractivity contribution < 1.29 is 14.6 Å². The molecule has 0 unspecified atom stereocenters. The van der Waals surface area contributed by atoms with Gasteiger partial charge in [-0.3, -0.25) is 0 Å². The number of carboxylic acid groups (broad SMARTS) is 1. The minimum Gasteiger partial charge on any atom is -0.478 e. The Morgan fingerprint density at radius 2 is 2.10 bits per heavy atom. The van der Waals surface area contributed by atoms with Crippen LogP contribution in [0, 0.1) is 11.3 Å². The third-order valence-electron chi connectivity index (χ3n) is 2.57. The standard InChI is InChI=1S/C16H10ClNO3/c17-13-5-6-15(12(9-13)4-7-16(19)20)21-14-3-1-2-11(8-14)10-18/h1-9H,(H,19,20)/b7-4+. The van der Waals surface area contributed by atoms with Crippen LogP contribution in [0.1, 0.15) is 11.1 Å². The first-order valence-corrected chi connectivity index (χ1v) is 6.35. The second kappa shape index (κ2) is 6.60. The van der Waals surface area contributed by atoms with Crippen molar-refractivity contribution in [1.82, 2.24) is 0 Å². The smallest absolute Gasteiger partial charge is 0.328 e. The SMILES string of the molecule is N#Cc1cccc(Oc2ccc(Cl)cc2/C=C/C(=O)O)c1. The van der Waals surface area contributed by atoms with E-state index in [4.69, 9.17) is 26.7 Å². The molecule has 0 aliphatic carbocycles. The Kier molecular flexibility index (Phi) is 4.60. The molecule has 0 amide bonds. The molecular formula is C16H10ClNO3. The summed E-state index contributed by atoms with van der Waals surface area (Å²) in [7, 11) is 0. The van der Waals surface area contributed by atoms with Gasteiger partial charge in [-0.05, 0) is 42.5 Å². The average molecular weight is 300 g/mol. The second-order valence-electron chi connectivity index (χ2n) is 4.10. The van der Waals surface area contributed by atoms with Gasteiger partial charge in [0.1, 0.15) is 11.5 Å². The number of aliphatic carboxylic acids is 1. The average Bonchev–Trinajstić information content (AvgIpc) is 2.47. The molecule has 2 rings (SSSR count). The maximum Gasteiger partial charge on any atom is 0.328 e. The summed E-state index contributed by atoms with van der Waals surface area (Å²) in [5.74, 6) is -0.124. The maximum absolute atomic E-state index is 10.6. The number of ether oxygens (including phenoxy) is 1. The van der Waals surface area contributed by atoms with Crippen LogP contribution in [-0.4, -0.2) is 11.1 Å². The molecule has 5 heteroatoms. The van der Waals surface area contributed by atoms with Gasteiger partial charge in [-0.2, -0.15) is 5.26 Å².